The van der Waals surface area contributed by atoms with Gasteiger partial charge in [-0.3, -0.25) is 0 Å². The van der Waals surface area contributed by atoms with Crippen LogP contribution in [0.2, 0.25) is 10.1 Å². The standard InChI is InChI=1S/C52H56N2O4Si2/c1-50(2,3)47-46(38-30-34-40(35-31-38)57-59(51(4,5)6,42-22-14-10-15-23-42)43-24-16-11-17-25-43)53-48(54(47)49(55)56)39-32-36-41(37-33-39)58-60(52(7,8)9,44-26-18-12-19-27-44)45-28-20-13-21-29-45/h10-37H,1-9H3,(H,55,56). The zero-order valence-electron chi connectivity index (χ0n) is 36.2. The van der Waals surface area contributed by atoms with E-state index < -0.39 is 28.1 Å². The van der Waals surface area contributed by atoms with Gasteiger partial charge in [0.05, 0.1) is 11.4 Å². The van der Waals surface area contributed by atoms with Crippen molar-refractivity contribution in [2.75, 3.05) is 0 Å². The maximum atomic E-state index is 13.2. The molecule has 6 nitrogen and oxygen atoms in total. The van der Waals surface area contributed by atoms with Crippen molar-refractivity contribution in [2.45, 2.75) is 77.8 Å². The Kier molecular flexibility index (Phi) is 11.4. The van der Waals surface area contributed by atoms with E-state index in [1.165, 1.54) is 25.3 Å². The molecule has 0 saturated carbocycles. The first-order chi connectivity index (χ1) is 28.5. The maximum absolute atomic E-state index is 13.2. The Morgan fingerprint density at radius 1 is 0.483 bits per heavy atom. The zero-order chi connectivity index (χ0) is 42.9. The van der Waals surface area contributed by atoms with Crippen molar-refractivity contribution in [3.8, 4) is 34.1 Å². The van der Waals surface area contributed by atoms with Gasteiger partial charge in [-0.25, -0.2) is 14.3 Å². The SMILES string of the molecule is CC(C)(C)c1c(-c2ccc(O[Si](c3ccccc3)(c3ccccc3)C(C)(C)C)cc2)nc(-c2ccc(O[Si](c3ccccc3)(c3ccccc3)C(C)(C)C)cc2)n1C(=O)O. The molecule has 0 amide bonds. The molecule has 6 aromatic carbocycles. The number of nitrogens with zero attached hydrogens (tertiary/aromatic N) is 2. The van der Waals surface area contributed by atoms with Crippen molar-refractivity contribution in [3.05, 3.63) is 176 Å². The highest BCUT2D eigenvalue weighted by Crippen LogP contribution is 2.41. The summed E-state index contributed by atoms with van der Waals surface area (Å²) in [5.41, 5.74) is 2.15. The summed E-state index contributed by atoms with van der Waals surface area (Å²) in [6, 6.07) is 58.0. The van der Waals surface area contributed by atoms with Gasteiger partial charge in [-0.05, 0) is 79.4 Å². The van der Waals surface area contributed by atoms with E-state index in [0.717, 1.165) is 11.3 Å². The van der Waals surface area contributed by atoms with E-state index in [9.17, 15) is 9.90 Å². The maximum Gasteiger partial charge on any atom is 0.417 e. The van der Waals surface area contributed by atoms with Crippen LogP contribution in [0.3, 0.4) is 0 Å². The van der Waals surface area contributed by atoms with Crippen molar-refractivity contribution >= 4 is 43.5 Å². The van der Waals surface area contributed by atoms with E-state index >= 15 is 0 Å². The monoisotopic (exact) mass is 828 g/mol. The van der Waals surface area contributed by atoms with E-state index in [0.29, 0.717) is 28.5 Å². The molecule has 306 valence electrons. The van der Waals surface area contributed by atoms with Crippen LogP contribution in [0.5, 0.6) is 11.5 Å². The summed E-state index contributed by atoms with van der Waals surface area (Å²) in [7, 11) is -5.75. The molecule has 8 heteroatoms. The van der Waals surface area contributed by atoms with Gasteiger partial charge in [0.2, 0.25) is 0 Å². The summed E-state index contributed by atoms with van der Waals surface area (Å²) in [5, 5.41) is 15.1. The topological polar surface area (TPSA) is 73.6 Å². The fourth-order valence-corrected chi connectivity index (χ4v) is 17.5. The Morgan fingerprint density at radius 2 is 0.800 bits per heavy atom. The molecule has 0 unspecified atom stereocenters. The normalized spacial score (nSPS) is 12.6. The first kappa shape index (κ1) is 42.2. The predicted octanol–water partition coefficient (Wildman–Crippen LogP) is 10.9. The molecule has 1 aromatic heterocycles. The van der Waals surface area contributed by atoms with Crippen LogP contribution >= 0.6 is 0 Å². The smallest absolute Gasteiger partial charge is 0.417 e. The third-order valence-corrected chi connectivity index (χ3v) is 21.3. The fourth-order valence-electron chi connectivity index (χ4n) is 8.70. The van der Waals surface area contributed by atoms with Crippen LogP contribution in [0, 0.1) is 0 Å². The Balaban J connectivity index is 1.29. The molecule has 1 N–H and O–H groups in total. The molecule has 0 radical (unpaired) electrons. The molecule has 0 aliphatic rings. The molecule has 0 saturated heterocycles. The summed E-state index contributed by atoms with van der Waals surface area (Å²) in [5.74, 6) is 1.82. The molecule has 0 fully saturated rings. The number of rotatable bonds is 10. The van der Waals surface area contributed by atoms with Crippen LogP contribution in [-0.2, 0) is 5.41 Å². The lowest BCUT2D eigenvalue weighted by Crippen LogP contribution is -2.68. The molecule has 7 rings (SSSR count). The summed E-state index contributed by atoms with van der Waals surface area (Å²) >= 11 is 0. The zero-order valence-corrected chi connectivity index (χ0v) is 38.2. The lowest BCUT2D eigenvalue weighted by molar-refractivity contribution is 0.195. The van der Waals surface area contributed by atoms with Gasteiger partial charge in [-0.1, -0.05) is 184 Å². The fraction of sp³-hybridized carbons (Fsp3) is 0.231. The van der Waals surface area contributed by atoms with Crippen LogP contribution in [0.15, 0.2) is 170 Å². The number of carboxylic acid groups (broad SMARTS) is 1. The third-order valence-electron chi connectivity index (χ3n) is 11.4. The first-order valence-corrected chi connectivity index (χ1v) is 24.5. The lowest BCUT2D eigenvalue weighted by atomic mass is 9.88. The van der Waals surface area contributed by atoms with Crippen molar-refractivity contribution < 1.29 is 18.8 Å². The molecule has 0 atom stereocenters. The van der Waals surface area contributed by atoms with Gasteiger partial charge in [-0.15, -0.1) is 0 Å². The average Bonchev–Trinajstić information content (AvgIpc) is 3.65. The number of aromatic nitrogens is 2. The molecule has 0 aliphatic carbocycles. The van der Waals surface area contributed by atoms with Crippen LogP contribution in [0.25, 0.3) is 22.6 Å². The van der Waals surface area contributed by atoms with Gasteiger partial charge in [0.1, 0.15) is 11.5 Å². The van der Waals surface area contributed by atoms with Crippen LogP contribution in [0.1, 0.15) is 68.0 Å². The molecule has 0 aliphatic heterocycles. The Bertz CT molecular complexity index is 2460. The number of benzene rings is 6. The minimum absolute atomic E-state index is 0.205. The Labute approximate surface area is 357 Å². The molecule has 1 heterocycles. The molecule has 7 aromatic rings. The van der Waals surface area contributed by atoms with Crippen molar-refractivity contribution in [1.82, 2.24) is 9.55 Å². The van der Waals surface area contributed by atoms with Crippen molar-refractivity contribution in [2.24, 2.45) is 0 Å². The third kappa shape index (κ3) is 7.77. The molecule has 0 bridgehead atoms. The lowest BCUT2D eigenvalue weighted by Gasteiger charge is -2.43. The van der Waals surface area contributed by atoms with E-state index in [1.807, 2.05) is 93.6 Å². The number of carbonyl (C=O) groups is 1. The van der Waals surface area contributed by atoms with Crippen molar-refractivity contribution in [3.63, 3.8) is 0 Å². The van der Waals surface area contributed by atoms with Crippen LogP contribution < -0.4 is 29.6 Å². The van der Waals surface area contributed by atoms with E-state index in [4.69, 9.17) is 13.8 Å². The molecular formula is C52H56N2O4Si2. The second kappa shape index (κ2) is 16.2. The summed E-state index contributed by atoms with van der Waals surface area (Å²) in [4.78, 5) is 18.4. The highest BCUT2D eigenvalue weighted by atomic mass is 28.4. The van der Waals surface area contributed by atoms with Gasteiger partial charge in [0, 0.05) is 16.5 Å². The molecular weight excluding hydrogens is 773 g/mol. The average molecular weight is 829 g/mol. The van der Waals surface area contributed by atoms with Crippen molar-refractivity contribution in [1.29, 1.82) is 0 Å². The molecule has 0 spiro atoms. The summed E-state index contributed by atoms with van der Waals surface area (Å²) in [6.07, 6.45) is -1.09. The van der Waals surface area contributed by atoms with Crippen LogP contribution in [0.4, 0.5) is 4.79 Å². The van der Waals surface area contributed by atoms with Crippen LogP contribution in [-0.4, -0.2) is 37.4 Å². The largest absolute Gasteiger partial charge is 0.534 e. The highest BCUT2D eigenvalue weighted by molar-refractivity contribution is 7.00. The molecule has 60 heavy (non-hydrogen) atoms. The number of hydrogen-bond donors (Lipinski definition) is 1. The van der Waals surface area contributed by atoms with E-state index in [-0.39, 0.29) is 10.1 Å². The summed E-state index contributed by atoms with van der Waals surface area (Å²) < 4.78 is 15.9. The second-order valence-corrected chi connectivity index (χ2v) is 27.0. The number of hydrogen-bond acceptors (Lipinski definition) is 4. The first-order valence-electron chi connectivity index (χ1n) is 20.6. The highest BCUT2D eigenvalue weighted by Gasteiger charge is 2.53. The van der Waals surface area contributed by atoms with Gasteiger partial charge in [0.15, 0.2) is 5.82 Å². The van der Waals surface area contributed by atoms with Gasteiger partial charge in [0.25, 0.3) is 0 Å². The van der Waals surface area contributed by atoms with Gasteiger partial charge in [-0.2, -0.15) is 0 Å². The second-order valence-electron chi connectivity index (χ2n) is 18.6. The van der Waals surface area contributed by atoms with Gasteiger partial charge < -0.3 is 14.0 Å². The quantitative estimate of drug-likeness (QED) is 0.139. The minimum atomic E-state index is -2.88. The Morgan fingerprint density at radius 3 is 1.08 bits per heavy atom. The predicted molar refractivity (Wildman–Crippen MR) is 252 cm³/mol. The van der Waals surface area contributed by atoms with E-state index in [2.05, 4.69) is 139 Å². The minimum Gasteiger partial charge on any atom is -0.534 e. The summed E-state index contributed by atoms with van der Waals surface area (Å²) in [6.45, 7) is 19.6. The van der Waals surface area contributed by atoms with Gasteiger partial charge >= 0.3 is 22.7 Å². The number of imidazole rings is 1. The Hall–Kier alpha value is -5.97. The van der Waals surface area contributed by atoms with E-state index in [1.54, 1.807) is 0 Å².